The molecule has 0 radical (unpaired) electrons. The van der Waals surface area contributed by atoms with Crippen LogP contribution in [0.5, 0.6) is 0 Å². The van der Waals surface area contributed by atoms with Crippen LogP contribution in [-0.4, -0.2) is 98.6 Å². The van der Waals surface area contributed by atoms with E-state index in [9.17, 15) is 18.8 Å². The van der Waals surface area contributed by atoms with Crippen molar-refractivity contribution in [3.63, 3.8) is 0 Å². The van der Waals surface area contributed by atoms with Crippen LogP contribution < -0.4 is 15.5 Å². The number of piperazine rings is 1. The van der Waals surface area contributed by atoms with Gasteiger partial charge < -0.3 is 25.2 Å². The summed E-state index contributed by atoms with van der Waals surface area (Å²) in [4.78, 5) is 47.3. The van der Waals surface area contributed by atoms with Crippen molar-refractivity contribution < 1.29 is 23.5 Å². The Morgan fingerprint density at radius 2 is 1.65 bits per heavy atom. The highest BCUT2D eigenvalue weighted by molar-refractivity contribution is 5.90. The Hall–Kier alpha value is -3.76. The predicted octanol–water partition coefficient (Wildman–Crippen LogP) is 3.16. The van der Waals surface area contributed by atoms with Crippen molar-refractivity contribution in [2.75, 3.05) is 63.9 Å². The molecule has 246 valence electrons. The van der Waals surface area contributed by atoms with Gasteiger partial charge in [-0.2, -0.15) is 0 Å². The summed E-state index contributed by atoms with van der Waals surface area (Å²) in [6, 6.07) is 15.6. The maximum Gasteiger partial charge on any atom is 0.243 e. The number of likely N-dealkylation sites (tertiary alicyclic amines) is 1. The van der Waals surface area contributed by atoms with Crippen LogP contribution >= 0.6 is 0 Å². The van der Waals surface area contributed by atoms with Gasteiger partial charge in [0.1, 0.15) is 11.9 Å². The smallest absolute Gasteiger partial charge is 0.243 e. The van der Waals surface area contributed by atoms with E-state index in [4.69, 9.17) is 4.74 Å². The monoisotopic (exact) mass is 631 g/mol. The first-order chi connectivity index (χ1) is 22.4. The second-order valence-corrected chi connectivity index (χ2v) is 13.3. The van der Waals surface area contributed by atoms with Crippen LogP contribution in [0.4, 0.5) is 10.1 Å². The van der Waals surface area contributed by atoms with Gasteiger partial charge in [-0.1, -0.05) is 42.5 Å². The SMILES string of the molecule is O=C1N[C@H]2CCN(CC(=O)N3CCN(c4ccc(F)cc4)CC3)C[C@H]2C/C=C/CC2(CCOCC2)C(=O)N[C@@H]1Cc1ccccc1. The normalized spacial score (nSPS) is 26.7. The molecular formula is C36H46FN5O4. The maximum absolute atomic E-state index is 13.9. The highest BCUT2D eigenvalue weighted by atomic mass is 19.1. The van der Waals surface area contributed by atoms with Gasteiger partial charge >= 0.3 is 0 Å². The number of benzene rings is 2. The lowest BCUT2D eigenvalue weighted by Gasteiger charge is -2.41. The molecule has 3 atom stereocenters. The number of fused-ring (bicyclic) bond motifs is 1. The number of anilines is 1. The molecule has 4 aliphatic rings. The molecule has 4 heterocycles. The zero-order valence-electron chi connectivity index (χ0n) is 26.5. The number of nitrogens with zero attached hydrogens (tertiary/aromatic N) is 3. The number of rotatable bonds is 5. The highest BCUT2D eigenvalue weighted by Crippen LogP contribution is 2.36. The van der Waals surface area contributed by atoms with E-state index in [1.54, 1.807) is 12.1 Å². The Morgan fingerprint density at radius 3 is 2.39 bits per heavy atom. The number of hydrogen-bond acceptors (Lipinski definition) is 6. The summed E-state index contributed by atoms with van der Waals surface area (Å²) in [5.41, 5.74) is 1.38. The van der Waals surface area contributed by atoms with Crippen molar-refractivity contribution in [1.29, 1.82) is 0 Å². The quantitative estimate of drug-likeness (QED) is 0.493. The molecule has 4 aliphatic heterocycles. The Balaban J connectivity index is 1.11. The van der Waals surface area contributed by atoms with Crippen molar-refractivity contribution in [3.8, 4) is 0 Å². The van der Waals surface area contributed by atoms with Crippen molar-refractivity contribution in [1.82, 2.24) is 20.4 Å². The summed E-state index contributed by atoms with van der Waals surface area (Å²) in [6.45, 7) is 5.55. The van der Waals surface area contributed by atoms with E-state index in [0.29, 0.717) is 84.7 Å². The molecule has 6 rings (SSSR count). The van der Waals surface area contributed by atoms with Crippen molar-refractivity contribution in [2.24, 2.45) is 11.3 Å². The van der Waals surface area contributed by atoms with E-state index in [1.165, 1.54) is 12.1 Å². The molecule has 1 spiro atoms. The number of nitrogens with one attached hydrogen (secondary N) is 2. The molecule has 0 saturated carbocycles. The summed E-state index contributed by atoms with van der Waals surface area (Å²) in [5.74, 6) is -0.199. The molecule has 2 aromatic rings. The first-order valence-electron chi connectivity index (χ1n) is 16.8. The summed E-state index contributed by atoms with van der Waals surface area (Å²) < 4.78 is 19.0. The maximum atomic E-state index is 13.9. The van der Waals surface area contributed by atoms with Crippen LogP contribution in [0.3, 0.4) is 0 Å². The van der Waals surface area contributed by atoms with Crippen LogP contribution in [-0.2, 0) is 25.5 Å². The number of carbonyl (C=O) groups is 3. The lowest BCUT2D eigenvalue weighted by atomic mass is 9.75. The number of allylic oxidation sites excluding steroid dienone is 2. The van der Waals surface area contributed by atoms with E-state index in [1.807, 2.05) is 35.2 Å². The van der Waals surface area contributed by atoms with Crippen molar-refractivity contribution in [3.05, 3.63) is 78.1 Å². The summed E-state index contributed by atoms with van der Waals surface area (Å²) in [6.07, 6.45) is 8.11. The number of amides is 3. The standard InChI is InChI=1S/C36H46FN5O4/c37-29-9-11-30(12-10-29)41-18-20-42(21-19-41)33(43)26-40-17-13-31-28(25-40)8-4-5-14-36(15-22-46-23-16-36)35(45)39-32(34(44)38-31)24-27-6-2-1-3-7-27/h1-7,9-12,28,31-32H,8,13-26H2,(H,38,44)(H,39,45)/b5-4+/t28-,31+,32-/m1/s1. The van der Waals surface area contributed by atoms with E-state index in [0.717, 1.165) is 24.1 Å². The summed E-state index contributed by atoms with van der Waals surface area (Å²) in [7, 11) is 0. The third kappa shape index (κ3) is 7.78. The average molecular weight is 632 g/mol. The van der Waals surface area contributed by atoms with Gasteiger partial charge in [-0.25, -0.2) is 4.39 Å². The largest absolute Gasteiger partial charge is 0.381 e. The molecule has 9 nitrogen and oxygen atoms in total. The van der Waals surface area contributed by atoms with Gasteiger partial charge in [-0.05, 0) is 67.9 Å². The van der Waals surface area contributed by atoms with Crippen molar-refractivity contribution >= 4 is 23.4 Å². The molecular weight excluding hydrogens is 585 g/mol. The molecule has 2 N–H and O–H groups in total. The van der Waals surface area contributed by atoms with Gasteiger partial charge in [-0.3, -0.25) is 19.3 Å². The Morgan fingerprint density at radius 1 is 0.913 bits per heavy atom. The fraction of sp³-hybridized carbons (Fsp3) is 0.528. The molecule has 0 aliphatic carbocycles. The Kier molecular flexibility index (Phi) is 10.3. The third-order valence-electron chi connectivity index (χ3n) is 10.3. The van der Waals surface area contributed by atoms with E-state index in [-0.39, 0.29) is 35.5 Å². The third-order valence-corrected chi connectivity index (χ3v) is 10.3. The minimum Gasteiger partial charge on any atom is -0.381 e. The Labute approximate surface area is 271 Å². The molecule has 2 aromatic carbocycles. The second kappa shape index (κ2) is 14.8. The summed E-state index contributed by atoms with van der Waals surface area (Å²) >= 11 is 0. The number of carbonyl (C=O) groups excluding carboxylic acids is 3. The van der Waals surface area contributed by atoms with Crippen LogP contribution in [0.1, 0.15) is 37.7 Å². The van der Waals surface area contributed by atoms with Gasteiger partial charge in [0.2, 0.25) is 17.7 Å². The molecule has 0 aromatic heterocycles. The number of halogens is 1. The highest BCUT2D eigenvalue weighted by Gasteiger charge is 2.41. The van der Waals surface area contributed by atoms with Gasteiger partial charge in [0.15, 0.2) is 0 Å². The van der Waals surface area contributed by atoms with E-state index in [2.05, 4.69) is 32.6 Å². The fourth-order valence-corrected chi connectivity index (χ4v) is 7.36. The van der Waals surface area contributed by atoms with Crippen LogP contribution in [0.15, 0.2) is 66.7 Å². The minimum atomic E-state index is -0.674. The molecule has 0 unspecified atom stereocenters. The van der Waals surface area contributed by atoms with Gasteiger partial charge in [0, 0.05) is 70.6 Å². The van der Waals surface area contributed by atoms with Crippen LogP contribution in [0.25, 0.3) is 0 Å². The van der Waals surface area contributed by atoms with Gasteiger partial charge in [-0.15, -0.1) is 0 Å². The molecule has 3 amide bonds. The summed E-state index contributed by atoms with van der Waals surface area (Å²) in [5, 5.41) is 6.47. The zero-order chi connectivity index (χ0) is 31.9. The lowest BCUT2D eigenvalue weighted by molar-refractivity contribution is -0.140. The first kappa shape index (κ1) is 32.2. The van der Waals surface area contributed by atoms with Crippen molar-refractivity contribution in [2.45, 2.75) is 50.6 Å². The van der Waals surface area contributed by atoms with E-state index >= 15 is 0 Å². The fourth-order valence-electron chi connectivity index (χ4n) is 7.36. The lowest BCUT2D eigenvalue weighted by Crippen LogP contribution is -2.59. The molecule has 3 saturated heterocycles. The first-order valence-corrected chi connectivity index (χ1v) is 16.8. The van der Waals surface area contributed by atoms with E-state index < -0.39 is 11.5 Å². The predicted molar refractivity (Wildman–Crippen MR) is 175 cm³/mol. The average Bonchev–Trinajstić information content (AvgIpc) is 3.08. The van der Waals surface area contributed by atoms with Crippen LogP contribution in [0.2, 0.25) is 0 Å². The topological polar surface area (TPSA) is 94.2 Å². The molecule has 0 bridgehead atoms. The molecule has 46 heavy (non-hydrogen) atoms. The minimum absolute atomic E-state index is 0.0469. The Bertz CT molecular complexity index is 1370. The molecule has 10 heteroatoms. The number of ether oxygens (including phenoxy) is 1. The number of hydrogen-bond donors (Lipinski definition) is 2. The van der Waals surface area contributed by atoms with Gasteiger partial charge in [0.05, 0.1) is 12.0 Å². The van der Waals surface area contributed by atoms with Gasteiger partial charge in [0.25, 0.3) is 0 Å². The zero-order valence-corrected chi connectivity index (χ0v) is 26.5. The number of piperidine rings is 1. The second-order valence-electron chi connectivity index (χ2n) is 13.3. The van der Waals surface area contributed by atoms with Crippen LogP contribution in [0, 0.1) is 17.2 Å². The molecule has 3 fully saturated rings.